The summed E-state index contributed by atoms with van der Waals surface area (Å²) in [6.45, 7) is 8.11. The molecule has 180 valence electrons. The molecule has 1 fully saturated rings. The van der Waals surface area contributed by atoms with Crippen LogP contribution in [-0.2, 0) is 23.8 Å². The first-order chi connectivity index (χ1) is 16.4. The number of piperazine rings is 1. The summed E-state index contributed by atoms with van der Waals surface area (Å²) in [7, 11) is -1.20. The van der Waals surface area contributed by atoms with E-state index >= 15 is 0 Å². The monoisotopic (exact) mass is 479 g/mol. The van der Waals surface area contributed by atoms with Crippen LogP contribution in [-0.4, -0.2) is 62.2 Å². The predicted molar refractivity (Wildman–Crippen MR) is 137 cm³/mol. The Hall–Kier alpha value is -2.81. The molecule has 1 unspecified atom stereocenters. The molecule has 0 radical (unpaired) electrons. The first-order valence-corrected chi connectivity index (χ1v) is 13.2. The van der Waals surface area contributed by atoms with Crippen LogP contribution in [0.1, 0.15) is 25.0 Å². The van der Waals surface area contributed by atoms with Crippen LogP contribution < -0.4 is 10.6 Å². The number of benzene rings is 2. The molecule has 3 N–H and O–H groups in total. The number of anilines is 1. The third-order valence-corrected chi connectivity index (χ3v) is 7.15. The van der Waals surface area contributed by atoms with Crippen molar-refractivity contribution in [3.8, 4) is 17.0 Å². The number of phenolic OH excluding ortho intramolecular Hbond substituents is 1. The van der Waals surface area contributed by atoms with Gasteiger partial charge in [0.1, 0.15) is 5.75 Å². The van der Waals surface area contributed by atoms with Gasteiger partial charge in [0, 0.05) is 56.3 Å². The van der Waals surface area contributed by atoms with Crippen LogP contribution in [0.5, 0.6) is 5.75 Å². The molecule has 4 rings (SSSR count). The number of nitrogens with one attached hydrogen (secondary N) is 2. The lowest BCUT2D eigenvalue weighted by atomic mass is 10.1. The van der Waals surface area contributed by atoms with Gasteiger partial charge in [0.05, 0.1) is 21.4 Å². The molecule has 0 amide bonds. The van der Waals surface area contributed by atoms with Crippen LogP contribution >= 0.6 is 0 Å². The molecule has 2 aromatic carbocycles. The Morgan fingerprint density at radius 2 is 2.03 bits per heavy atom. The molecular weight excluding hydrogens is 446 g/mol. The van der Waals surface area contributed by atoms with Crippen molar-refractivity contribution in [1.82, 2.24) is 20.2 Å². The smallest absolute Gasteiger partial charge is 0.223 e. The molecule has 1 aliphatic rings. The highest BCUT2D eigenvalue weighted by Crippen LogP contribution is 2.23. The molecule has 1 aromatic heterocycles. The van der Waals surface area contributed by atoms with Crippen LogP contribution in [0.2, 0.25) is 0 Å². The molecule has 2 heterocycles. The Kier molecular flexibility index (Phi) is 7.92. The zero-order chi connectivity index (χ0) is 24.1. The largest absolute Gasteiger partial charge is 0.507 e. The van der Waals surface area contributed by atoms with Crippen LogP contribution in [0.25, 0.3) is 11.3 Å². The van der Waals surface area contributed by atoms with Crippen molar-refractivity contribution < 1.29 is 9.32 Å². The highest BCUT2D eigenvalue weighted by molar-refractivity contribution is 7.84. The summed E-state index contributed by atoms with van der Waals surface area (Å²) >= 11 is 0. The number of phenols is 1. The fourth-order valence-electron chi connectivity index (χ4n) is 4.27. The van der Waals surface area contributed by atoms with E-state index in [1.807, 2.05) is 12.1 Å². The summed E-state index contributed by atoms with van der Waals surface area (Å²) in [6, 6.07) is 16.8. The quantitative estimate of drug-likeness (QED) is 0.456. The molecule has 3 atom stereocenters. The Balaban J connectivity index is 1.39. The standard InChI is InChI=1S/C26H33N5O2S/c1-18-16-31(19(2)15-29-18)17-21-5-4-6-22(13-21)23-10-12-28-26(30-23)27-11-9-20-7-8-25(34(3)33)24(32)14-20/h4-8,10,12-14,18-19,29,32H,9,11,15-17H2,1-3H3,(H,27,28,30)/t18-,19-,34?/m0/s1. The van der Waals surface area contributed by atoms with Gasteiger partial charge < -0.3 is 15.7 Å². The number of aromatic nitrogens is 2. The number of nitrogens with zero attached hydrogens (tertiary/aromatic N) is 3. The normalized spacial score (nSPS) is 19.6. The van der Waals surface area contributed by atoms with Gasteiger partial charge in [-0.2, -0.15) is 0 Å². The third-order valence-electron chi connectivity index (χ3n) is 6.19. The van der Waals surface area contributed by atoms with E-state index in [4.69, 9.17) is 4.98 Å². The maximum Gasteiger partial charge on any atom is 0.223 e. The van der Waals surface area contributed by atoms with Gasteiger partial charge in [-0.15, -0.1) is 0 Å². The molecule has 0 spiro atoms. The van der Waals surface area contributed by atoms with E-state index in [0.717, 1.165) is 36.5 Å². The van der Waals surface area contributed by atoms with Gasteiger partial charge in [0.25, 0.3) is 0 Å². The van der Waals surface area contributed by atoms with E-state index in [0.29, 0.717) is 35.9 Å². The minimum atomic E-state index is -1.20. The Morgan fingerprint density at radius 1 is 1.18 bits per heavy atom. The van der Waals surface area contributed by atoms with Crippen molar-refractivity contribution >= 4 is 16.7 Å². The average molecular weight is 480 g/mol. The van der Waals surface area contributed by atoms with E-state index < -0.39 is 10.8 Å². The van der Waals surface area contributed by atoms with Gasteiger partial charge in [0.15, 0.2) is 0 Å². The molecule has 3 aromatic rings. The lowest BCUT2D eigenvalue weighted by Crippen LogP contribution is -2.53. The summed E-state index contributed by atoms with van der Waals surface area (Å²) in [4.78, 5) is 12.0. The topological polar surface area (TPSA) is 90.4 Å². The summed E-state index contributed by atoms with van der Waals surface area (Å²) in [5.41, 5.74) is 4.20. The summed E-state index contributed by atoms with van der Waals surface area (Å²) in [6.07, 6.45) is 4.02. The summed E-state index contributed by atoms with van der Waals surface area (Å²) in [5, 5.41) is 16.9. The minimum Gasteiger partial charge on any atom is -0.507 e. The van der Waals surface area contributed by atoms with Crippen molar-refractivity contribution in [1.29, 1.82) is 0 Å². The molecule has 0 aliphatic carbocycles. The van der Waals surface area contributed by atoms with Crippen molar-refractivity contribution in [3.05, 3.63) is 65.9 Å². The van der Waals surface area contributed by atoms with E-state index in [1.165, 1.54) is 5.56 Å². The highest BCUT2D eigenvalue weighted by atomic mass is 32.2. The maximum absolute atomic E-state index is 11.6. The van der Waals surface area contributed by atoms with Crippen molar-refractivity contribution in [2.24, 2.45) is 0 Å². The number of rotatable bonds is 8. The molecule has 1 aliphatic heterocycles. The summed E-state index contributed by atoms with van der Waals surface area (Å²) in [5.74, 6) is 0.643. The van der Waals surface area contributed by atoms with Crippen molar-refractivity contribution in [2.75, 3.05) is 31.2 Å². The second-order valence-corrected chi connectivity index (χ2v) is 10.3. The fraction of sp³-hybridized carbons (Fsp3) is 0.385. The average Bonchev–Trinajstić information content (AvgIpc) is 2.82. The second kappa shape index (κ2) is 11.1. The molecule has 7 nitrogen and oxygen atoms in total. The van der Waals surface area contributed by atoms with E-state index in [-0.39, 0.29) is 5.75 Å². The number of hydrogen-bond donors (Lipinski definition) is 3. The Morgan fingerprint density at radius 3 is 2.82 bits per heavy atom. The van der Waals surface area contributed by atoms with Crippen molar-refractivity contribution in [2.45, 2.75) is 43.8 Å². The molecule has 8 heteroatoms. The minimum absolute atomic E-state index is 0.0705. The van der Waals surface area contributed by atoms with Gasteiger partial charge >= 0.3 is 0 Å². The zero-order valence-corrected chi connectivity index (χ0v) is 20.8. The first kappa shape index (κ1) is 24.3. The molecular formula is C26H33N5O2S. The second-order valence-electron chi connectivity index (χ2n) is 8.99. The van der Waals surface area contributed by atoms with Crippen LogP contribution in [0.3, 0.4) is 0 Å². The van der Waals surface area contributed by atoms with Crippen molar-refractivity contribution in [3.63, 3.8) is 0 Å². The van der Waals surface area contributed by atoms with Gasteiger partial charge in [-0.1, -0.05) is 24.3 Å². The van der Waals surface area contributed by atoms with Crippen LogP contribution in [0.4, 0.5) is 5.95 Å². The first-order valence-electron chi connectivity index (χ1n) is 11.7. The zero-order valence-electron chi connectivity index (χ0n) is 20.0. The Labute approximate surface area is 204 Å². The predicted octanol–water partition coefficient (Wildman–Crippen LogP) is 3.42. The third kappa shape index (κ3) is 6.20. The Bertz CT molecular complexity index is 1160. The highest BCUT2D eigenvalue weighted by Gasteiger charge is 2.22. The lowest BCUT2D eigenvalue weighted by Gasteiger charge is -2.37. The van der Waals surface area contributed by atoms with Gasteiger partial charge in [-0.3, -0.25) is 9.11 Å². The van der Waals surface area contributed by atoms with Crippen LogP contribution in [0.15, 0.2) is 59.6 Å². The van der Waals surface area contributed by atoms with Gasteiger partial charge in [-0.25, -0.2) is 9.97 Å². The van der Waals surface area contributed by atoms with Crippen LogP contribution in [0, 0.1) is 0 Å². The molecule has 0 saturated carbocycles. The number of hydrogen-bond acceptors (Lipinski definition) is 7. The van der Waals surface area contributed by atoms with Gasteiger partial charge in [-0.05, 0) is 55.7 Å². The maximum atomic E-state index is 11.6. The van der Waals surface area contributed by atoms with E-state index in [9.17, 15) is 9.32 Å². The molecule has 34 heavy (non-hydrogen) atoms. The molecule has 0 bridgehead atoms. The summed E-state index contributed by atoms with van der Waals surface area (Å²) < 4.78 is 11.6. The fourth-order valence-corrected chi connectivity index (χ4v) is 4.88. The lowest BCUT2D eigenvalue weighted by molar-refractivity contribution is 0.139. The van der Waals surface area contributed by atoms with Gasteiger partial charge in [0.2, 0.25) is 5.95 Å². The van der Waals surface area contributed by atoms with E-state index in [1.54, 1.807) is 24.6 Å². The van der Waals surface area contributed by atoms with E-state index in [2.05, 4.69) is 58.6 Å². The SMILES string of the molecule is C[C@H]1CN(Cc2cccc(-c3ccnc(NCCc4ccc(S(C)=O)c(O)c4)n3)c2)[C@@H](C)CN1. The number of aromatic hydroxyl groups is 1. The molecule has 1 saturated heterocycles.